The molecule has 3 N–H and O–H groups in total. The van der Waals surface area contributed by atoms with Crippen molar-refractivity contribution in [3.8, 4) is 0 Å². The van der Waals surface area contributed by atoms with Gasteiger partial charge < -0.3 is 20.5 Å². The van der Waals surface area contributed by atoms with E-state index >= 15 is 0 Å². The molecule has 8 heteroatoms. The normalized spacial score (nSPS) is 13.3. The van der Waals surface area contributed by atoms with E-state index in [1.54, 1.807) is 60.7 Å². The Hall–Kier alpha value is -3.24. The number of amides is 2. The Morgan fingerprint density at radius 2 is 1.56 bits per heavy atom. The molecule has 0 heterocycles. The van der Waals surface area contributed by atoms with Gasteiger partial charge in [-0.3, -0.25) is 9.59 Å². The van der Waals surface area contributed by atoms with E-state index in [0.717, 1.165) is 9.13 Å². The van der Waals surface area contributed by atoms with E-state index in [2.05, 4.69) is 33.2 Å². The number of rotatable bonds is 9. The molecular formula is C26H25IN2O5. The predicted molar refractivity (Wildman–Crippen MR) is 136 cm³/mol. The van der Waals surface area contributed by atoms with Crippen molar-refractivity contribution in [2.24, 2.45) is 0 Å². The molecule has 0 spiro atoms. The van der Waals surface area contributed by atoms with Crippen LogP contribution in [0, 0.1) is 3.57 Å². The molecule has 7 nitrogen and oxygen atoms in total. The summed E-state index contributed by atoms with van der Waals surface area (Å²) in [6, 6.07) is 22.7. The molecule has 0 aliphatic rings. The number of aliphatic hydroxyl groups excluding tert-OH is 1. The second-order valence-corrected chi connectivity index (χ2v) is 8.84. The SMILES string of the molecule is COC(=O)[C@H](Cc1cccc(I)c1)NC(=O)[C@H](O)[C@@H](NC(=O)c1ccccc1)c1ccccc1. The number of hydrogen-bond acceptors (Lipinski definition) is 5. The fourth-order valence-electron chi connectivity index (χ4n) is 3.46. The third kappa shape index (κ3) is 6.88. The Bertz CT molecular complexity index is 1120. The largest absolute Gasteiger partial charge is 0.467 e. The number of hydrogen-bond donors (Lipinski definition) is 3. The molecule has 0 bridgehead atoms. The summed E-state index contributed by atoms with van der Waals surface area (Å²) in [6.45, 7) is 0. The third-order valence-electron chi connectivity index (χ3n) is 5.20. The maximum Gasteiger partial charge on any atom is 0.328 e. The first kappa shape index (κ1) is 25.4. The molecule has 34 heavy (non-hydrogen) atoms. The van der Waals surface area contributed by atoms with Crippen LogP contribution in [-0.2, 0) is 20.7 Å². The van der Waals surface area contributed by atoms with Crippen LogP contribution in [0.5, 0.6) is 0 Å². The minimum Gasteiger partial charge on any atom is -0.467 e. The molecule has 3 atom stereocenters. The summed E-state index contributed by atoms with van der Waals surface area (Å²) in [7, 11) is 1.24. The van der Waals surface area contributed by atoms with E-state index in [9.17, 15) is 19.5 Å². The van der Waals surface area contributed by atoms with Crippen molar-refractivity contribution in [3.05, 3.63) is 105 Å². The Kier molecular flexibility index (Phi) is 9.17. The molecule has 0 unspecified atom stereocenters. The van der Waals surface area contributed by atoms with Crippen molar-refractivity contribution in [2.45, 2.75) is 24.6 Å². The van der Waals surface area contributed by atoms with E-state index in [4.69, 9.17) is 4.74 Å². The smallest absolute Gasteiger partial charge is 0.328 e. The molecule has 0 aromatic heterocycles. The van der Waals surface area contributed by atoms with Gasteiger partial charge in [-0.05, 0) is 58.0 Å². The van der Waals surface area contributed by atoms with E-state index in [-0.39, 0.29) is 6.42 Å². The van der Waals surface area contributed by atoms with Crippen LogP contribution in [0.4, 0.5) is 0 Å². The second-order valence-electron chi connectivity index (χ2n) is 7.59. The summed E-state index contributed by atoms with van der Waals surface area (Å²) in [5, 5.41) is 16.3. The lowest BCUT2D eigenvalue weighted by Gasteiger charge is -2.26. The minimum atomic E-state index is -1.65. The van der Waals surface area contributed by atoms with Crippen molar-refractivity contribution in [1.82, 2.24) is 10.6 Å². The molecule has 176 valence electrons. The fourth-order valence-corrected chi connectivity index (χ4v) is 4.07. The Labute approximate surface area is 211 Å². The Balaban J connectivity index is 1.81. The van der Waals surface area contributed by atoms with Crippen LogP contribution in [0.3, 0.4) is 0 Å². The first-order valence-corrected chi connectivity index (χ1v) is 11.7. The van der Waals surface area contributed by atoms with Crippen molar-refractivity contribution in [1.29, 1.82) is 0 Å². The van der Waals surface area contributed by atoms with Crippen LogP contribution in [0.1, 0.15) is 27.5 Å². The van der Waals surface area contributed by atoms with Gasteiger partial charge in [-0.2, -0.15) is 0 Å². The molecule has 3 aromatic carbocycles. The summed E-state index contributed by atoms with van der Waals surface area (Å²) >= 11 is 2.16. The zero-order valence-corrected chi connectivity index (χ0v) is 20.6. The van der Waals surface area contributed by atoms with Gasteiger partial charge >= 0.3 is 5.97 Å². The van der Waals surface area contributed by atoms with Crippen molar-refractivity contribution in [2.75, 3.05) is 7.11 Å². The quantitative estimate of drug-likeness (QED) is 0.270. The number of aliphatic hydroxyl groups is 1. The van der Waals surface area contributed by atoms with Gasteiger partial charge in [-0.1, -0.05) is 60.7 Å². The molecule has 0 fully saturated rings. The number of esters is 1. The maximum atomic E-state index is 13.0. The van der Waals surface area contributed by atoms with E-state index in [1.807, 2.05) is 24.3 Å². The standard InChI is InChI=1S/C26H25IN2O5/c1-34-26(33)21(16-17-9-8-14-20(27)15-17)28-25(32)23(30)22(18-10-4-2-5-11-18)29-24(31)19-12-6-3-7-13-19/h2-15,21-23,30H,16H2,1H3,(H,28,32)(H,29,31)/t21-,22-,23+/m0/s1. The van der Waals surface area contributed by atoms with Crippen LogP contribution in [0.15, 0.2) is 84.9 Å². The highest BCUT2D eigenvalue weighted by molar-refractivity contribution is 14.1. The summed E-state index contributed by atoms with van der Waals surface area (Å²) in [6.07, 6.45) is -1.47. The van der Waals surface area contributed by atoms with Crippen molar-refractivity contribution in [3.63, 3.8) is 0 Å². The first-order chi connectivity index (χ1) is 16.4. The minimum absolute atomic E-state index is 0.189. The average Bonchev–Trinajstić information content (AvgIpc) is 2.86. The second kappa shape index (κ2) is 12.3. The zero-order valence-electron chi connectivity index (χ0n) is 18.5. The highest BCUT2D eigenvalue weighted by Crippen LogP contribution is 2.19. The molecule has 0 saturated carbocycles. The predicted octanol–water partition coefficient (Wildman–Crippen LogP) is 3.02. The highest BCUT2D eigenvalue weighted by atomic mass is 127. The molecule has 3 rings (SSSR count). The van der Waals surface area contributed by atoms with Gasteiger partial charge in [0.15, 0.2) is 6.10 Å². The molecule has 0 aliphatic heterocycles. The fraction of sp³-hybridized carbons (Fsp3) is 0.192. The van der Waals surface area contributed by atoms with E-state index in [1.165, 1.54) is 7.11 Å². The van der Waals surface area contributed by atoms with Crippen molar-refractivity contribution < 1.29 is 24.2 Å². The van der Waals surface area contributed by atoms with Gasteiger partial charge in [0.1, 0.15) is 6.04 Å². The topological polar surface area (TPSA) is 105 Å². The van der Waals surface area contributed by atoms with Gasteiger partial charge in [0, 0.05) is 15.6 Å². The molecule has 0 saturated heterocycles. The Morgan fingerprint density at radius 3 is 2.18 bits per heavy atom. The number of carbonyl (C=O) groups is 3. The monoisotopic (exact) mass is 572 g/mol. The van der Waals surface area contributed by atoms with Gasteiger partial charge in [0.25, 0.3) is 11.8 Å². The zero-order chi connectivity index (χ0) is 24.5. The summed E-state index contributed by atoms with van der Waals surface area (Å²) in [5.41, 5.74) is 1.76. The lowest BCUT2D eigenvalue weighted by molar-refractivity contribution is -0.146. The number of ether oxygens (including phenoxy) is 1. The van der Waals surface area contributed by atoms with E-state index < -0.39 is 36.0 Å². The van der Waals surface area contributed by atoms with Crippen LogP contribution in [-0.4, -0.2) is 42.1 Å². The molecule has 3 aromatic rings. The average molecular weight is 572 g/mol. The summed E-state index contributed by atoms with van der Waals surface area (Å²) in [4.78, 5) is 38.2. The van der Waals surface area contributed by atoms with Crippen LogP contribution >= 0.6 is 22.6 Å². The van der Waals surface area contributed by atoms with Gasteiger partial charge in [0.2, 0.25) is 0 Å². The first-order valence-electron chi connectivity index (χ1n) is 10.6. The third-order valence-corrected chi connectivity index (χ3v) is 5.87. The van der Waals surface area contributed by atoms with Gasteiger partial charge in [0.05, 0.1) is 13.2 Å². The summed E-state index contributed by atoms with van der Waals surface area (Å²) in [5.74, 6) is -1.88. The summed E-state index contributed by atoms with van der Waals surface area (Å²) < 4.78 is 5.84. The van der Waals surface area contributed by atoms with Gasteiger partial charge in [-0.15, -0.1) is 0 Å². The number of nitrogens with one attached hydrogen (secondary N) is 2. The number of benzene rings is 3. The Morgan fingerprint density at radius 1 is 0.912 bits per heavy atom. The van der Waals surface area contributed by atoms with Crippen LogP contribution in [0.2, 0.25) is 0 Å². The molecule has 0 aliphatic carbocycles. The molecule has 0 radical (unpaired) electrons. The molecule has 2 amide bonds. The maximum absolute atomic E-state index is 13.0. The number of halogens is 1. The van der Waals surface area contributed by atoms with Crippen LogP contribution < -0.4 is 10.6 Å². The number of methoxy groups -OCH3 is 1. The highest BCUT2D eigenvalue weighted by Gasteiger charge is 2.32. The van der Waals surface area contributed by atoms with E-state index in [0.29, 0.717) is 11.1 Å². The van der Waals surface area contributed by atoms with Gasteiger partial charge in [-0.25, -0.2) is 4.79 Å². The molecular weight excluding hydrogens is 547 g/mol. The lowest BCUT2D eigenvalue weighted by atomic mass is 9.99. The lowest BCUT2D eigenvalue weighted by Crippen LogP contribution is -2.51. The number of carbonyl (C=O) groups excluding carboxylic acids is 3. The van der Waals surface area contributed by atoms with Crippen molar-refractivity contribution >= 4 is 40.4 Å². The van der Waals surface area contributed by atoms with Crippen LogP contribution in [0.25, 0.3) is 0 Å².